The summed E-state index contributed by atoms with van der Waals surface area (Å²) >= 11 is 0. The molecule has 3 aromatic rings. The minimum atomic E-state index is -0.550. The first kappa shape index (κ1) is 14.4. The van der Waals surface area contributed by atoms with E-state index in [0.29, 0.717) is 23.0 Å². The fourth-order valence-corrected chi connectivity index (χ4v) is 4.01. The van der Waals surface area contributed by atoms with Gasteiger partial charge in [-0.05, 0) is 42.0 Å². The Labute approximate surface area is 143 Å². The van der Waals surface area contributed by atoms with Gasteiger partial charge in [0, 0.05) is 12.7 Å². The first-order chi connectivity index (χ1) is 12.1. The summed E-state index contributed by atoms with van der Waals surface area (Å²) in [6.07, 6.45) is 4.37. The Morgan fingerprint density at radius 1 is 1.32 bits per heavy atom. The van der Waals surface area contributed by atoms with Crippen LogP contribution in [0.25, 0.3) is 5.65 Å². The first-order valence-electron chi connectivity index (χ1n) is 8.28. The standard InChI is InChI=1S/C18H16FN5O/c19-12-3-1-2-10(6-12)16-13-7-11(13)9-23(16)15-4-5-24-18(22-15)14(8-21-24)17(20)25/h1-6,8,11,13,16H,7,9H2,(H2,20,25)/t11-,13-,16+/m1/s1. The van der Waals surface area contributed by atoms with Crippen LogP contribution in [0, 0.1) is 17.7 Å². The van der Waals surface area contributed by atoms with Crippen molar-refractivity contribution in [1.82, 2.24) is 14.6 Å². The molecule has 2 aromatic heterocycles. The Morgan fingerprint density at radius 3 is 3.00 bits per heavy atom. The highest BCUT2D eigenvalue weighted by atomic mass is 19.1. The Balaban J connectivity index is 1.59. The third-order valence-corrected chi connectivity index (χ3v) is 5.25. The van der Waals surface area contributed by atoms with Crippen molar-refractivity contribution in [1.29, 1.82) is 0 Å². The number of fused-ring (bicyclic) bond motifs is 2. The van der Waals surface area contributed by atoms with Gasteiger partial charge in [-0.2, -0.15) is 5.10 Å². The second-order valence-corrected chi connectivity index (χ2v) is 6.79. The maximum Gasteiger partial charge on any atom is 0.254 e. The van der Waals surface area contributed by atoms with Crippen LogP contribution in [-0.4, -0.2) is 27.0 Å². The van der Waals surface area contributed by atoms with Crippen molar-refractivity contribution in [3.63, 3.8) is 0 Å². The molecule has 1 saturated heterocycles. The van der Waals surface area contributed by atoms with E-state index in [-0.39, 0.29) is 11.9 Å². The van der Waals surface area contributed by atoms with Gasteiger partial charge in [0.15, 0.2) is 5.65 Å². The molecule has 5 rings (SSSR count). The predicted octanol–water partition coefficient (Wildman–Crippen LogP) is 2.16. The minimum absolute atomic E-state index is 0.107. The van der Waals surface area contributed by atoms with E-state index in [9.17, 15) is 9.18 Å². The molecule has 1 amide bonds. The molecule has 126 valence electrons. The van der Waals surface area contributed by atoms with Crippen LogP contribution in [0.5, 0.6) is 0 Å². The summed E-state index contributed by atoms with van der Waals surface area (Å²) in [6, 6.07) is 8.76. The van der Waals surface area contributed by atoms with Crippen LogP contribution in [0.1, 0.15) is 28.4 Å². The highest BCUT2D eigenvalue weighted by molar-refractivity contribution is 5.98. The number of carbonyl (C=O) groups is 1. The monoisotopic (exact) mass is 337 g/mol. The Morgan fingerprint density at radius 2 is 2.20 bits per heavy atom. The second kappa shape index (κ2) is 5.02. The van der Waals surface area contributed by atoms with E-state index < -0.39 is 5.91 Å². The van der Waals surface area contributed by atoms with Gasteiger partial charge in [0.1, 0.15) is 17.2 Å². The van der Waals surface area contributed by atoms with Crippen molar-refractivity contribution in [2.45, 2.75) is 12.5 Å². The van der Waals surface area contributed by atoms with Crippen LogP contribution >= 0.6 is 0 Å². The lowest BCUT2D eigenvalue weighted by Crippen LogP contribution is -2.27. The Bertz CT molecular complexity index is 1000. The Hall–Kier alpha value is -2.96. The van der Waals surface area contributed by atoms with Crippen LogP contribution in [0.2, 0.25) is 0 Å². The average Bonchev–Trinajstić information content (AvgIpc) is 3.06. The first-order valence-corrected chi connectivity index (χ1v) is 8.28. The molecule has 0 bridgehead atoms. The van der Waals surface area contributed by atoms with E-state index in [1.54, 1.807) is 18.3 Å². The number of nitrogens with zero attached hydrogens (tertiary/aromatic N) is 4. The van der Waals surface area contributed by atoms with Gasteiger partial charge in [-0.1, -0.05) is 12.1 Å². The van der Waals surface area contributed by atoms with E-state index in [4.69, 9.17) is 5.73 Å². The molecule has 3 heterocycles. The lowest BCUT2D eigenvalue weighted by atomic mass is 10.0. The predicted molar refractivity (Wildman–Crippen MR) is 89.6 cm³/mol. The number of anilines is 1. The minimum Gasteiger partial charge on any atom is -0.365 e. The van der Waals surface area contributed by atoms with Crippen molar-refractivity contribution in [2.75, 3.05) is 11.4 Å². The number of piperidine rings is 1. The van der Waals surface area contributed by atoms with Crippen LogP contribution in [-0.2, 0) is 0 Å². The number of rotatable bonds is 3. The maximum atomic E-state index is 13.7. The lowest BCUT2D eigenvalue weighted by molar-refractivity contribution is 0.100. The Kier molecular flexibility index (Phi) is 2.89. The molecule has 1 aliphatic heterocycles. The van der Waals surface area contributed by atoms with Crippen molar-refractivity contribution in [2.24, 2.45) is 17.6 Å². The fourth-order valence-electron chi connectivity index (χ4n) is 4.01. The van der Waals surface area contributed by atoms with Crippen molar-refractivity contribution in [3.05, 3.63) is 59.7 Å². The second-order valence-electron chi connectivity index (χ2n) is 6.79. The van der Waals surface area contributed by atoms with Crippen LogP contribution in [0.3, 0.4) is 0 Å². The summed E-state index contributed by atoms with van der Waals surface area (Å²) in [5.41, 5.74) is 7.12. The highest BCUT2D eigenvalue weighted by Gasteiger charge is 2.53. The summed E-state index contributed by atoms with van der Waals surface area (Å²) in [7, 11) is 0. The summed E-state index contributed by atoms with van der Waals surface area (Å²) in [4.78, 5) is 18.4. The van der Waals surface area contributed by atoms with Gasteiger partial charge in [-0.15, -0.1) is 0 Å². The zero-order chi connectivity index (χ0) is 17.1. The summed E-state index contributed by atoms with van der Waals surface area (Å²) < 4.78 is 15.2. The fraction of sp³-hybridized carbons (Fsp3) is 0.278. The van der Waals surface area contributed by atoms with E-state index in [1.165, 1.54) is 23.2 Å². The molecule has 2 fully saturated rings. The number of aromatic nitrogens is 3. The molecule has 0 spiro atoms. The summed E-state index contributed by atoms with van der Waals surface area (Å²) in [5, 5.41) is 4.11. The van der Waals surface area contributed by atoms with Gasteiger partial charge in [0.2, 0.25) is 0 Å². The zero-order valence-electron chi connectivity index (χ0n) is 13.3. The van der Waals surface area contributed by atoms with Crippen molar-refractivity contribution < 1.29 is 9.18 Å². The number of amides is 1. The molecule has 0 radical (unpaired) electrons. The van der Waals surface area contributed by atoms with Gasteiger partial charge in [-0.3, -0.25) is 4.79 Å². The number of hydrogen-bond donors (Lipinski definition) is 1. The molecule has 1 saturated carbocycles. The summed E-state index contributed by atoms with van der Waals surface area (Å²) in [6.45, 7) is 0.884. The number of benzene rings is 1. The van der Waals surface area contributed by atoms with Gasteiger partial charge in [0.25, 0.3) is 5.91 Å². The smallest absolute Gasteiger partial charge is 0.254 e. The highest BCUT2D eigenvalue weighted by Crippen LogP contribution is 2.57. The number of carbonyl (C=O) groups excluding carboxylic acids is 1. The van der Waals surface area contributed by atoms with E-state index in [1.807, 2.05) is 12.1 Å². The van der Waals surface area contributed by atoms with Crippen LogP contribution < -0.4 is 10.6 Å². The SMILES string of the molecule is NC(=O)c1cnn2ccc(N3C[C@H]4C[C@H]4[C@@H]3c3cccc(F)c3)nc12. The van der Waals surface area contributed by atoms with E-state index in [0.717, 1.165) is 17.9 Å². The average molecular weight is 337 g/mol. The van der Waals surface area contributed by atoms with Gasteiger partial charge < -0.3 is 10.6 Å². The molecule has 2 N–H and O–H groups in total. The number of halogens is 1. The number of hydrogen-bond acceptors (Lipinski definition) is 4. The third-order valence-electron chi connectivity index (χ3n) is 5.25. The molecule has 1 aromatic carbocycles. The van der Waals surface area contributed by atoms with Crippen molar-refractivity contribution >= 4 is 17.4 Å². The molecule has 6 nitrogen and oxygen atoms in total. The molecule has 2 aliphatic rings. The molecular weight excluding hydrogens is 321 g/mol. The molecular formula is C18H16FN5O. The molecule has 25 heavy (non-hydrogen) atoms. The third kappa shape index (κ3) is 2.19. The van der Waals surface area contributed by atoms with Crippen molar-refractivity contribution in [3.8, 4) is 0 Å². The zero-order valence-corrected chi connectivity index (χ0v) is 13.3. The summed E-state index contributed by atoms with van der Waals surface area (Å²) in [5.74, 6) is 1.13. The number of nitrogens with two attached hydrogens (primary N) is 1. The van der Waals surface area contributed by atoms with E-state index >= 15 is 0 Å². The molecule has 3 atom stereocenters. The largest absolute Gasteiger partial charge is 0.365 e. The molecule has 7 heteroatoms. The van der Waals surface area contributed by atoms with Crippen LogP contribution in [0.4, 0.5) is 10.2 Å². The normalized spacial score (nSPS) is 24.5. The number of primary amides is 1. The quantitative estimate of drug-likeness (QED) is 0.795. The van der Waals surface area contributed by atoms with Gasteiger partial charge in [-0.25, -0.2) is 13.9 Å². The van der Waals surface area contributed by atoms with Gasteiger partial charge in [0.05, 0.1) is 12.2 Å². The molecule has 1 aliphatic carbocycles. The molecule has 0 unspecified atom stereocenters. The maximum absolute atomic E-state index is 13.7. The lowest BCUT2D eigenvalue weighted by Gasteiger charge is -2.29. The van der Waals surface area contributed by atoms with Crippen LogP contribution in [0.15, 0.2) is 42.7 Å². The van der Waals surface area contributed by atoms with E-state index in [2.05, 4.69) is 15.0 Å². The topological polar surface area (TPSA) is 76.5 Å². The van der Waals surface area contributed by atoms with Gasteiger partial charge >= 0.3 is 0 Å².